The fourth-order valence-electron chi connectivity index (χ4n) is 2.77. The van der Waals surface area contributed by atoms with Crippen molar-refractivity contribution in [3.8, 4) is 0 Å². The van der Waals surface area contributed by atoms with Crippen LogP contribution in [-0.4, -0.2) is 34.1 Å². The Hall–Kier alpha value is -3.62. The smallest absolute Gasteiger partial charge is 0.306 e. The maximum absolute atomic E-state index is 13.3. The van der Waals surface area contributed by atoms with Crippen molar-refractivity contribution in [3.63, 3.8) is 0 Å². The molecule has 0 aliphatic carbocycles. The molecular formula is C18H14FN3O5. The Morgan fingerprint density at radius 1 is 1.15 bits per heavy atom. The van der Waals surface area contributed by atoms with Crippen LogP contribution >= 0.6 is 0 Å². The van der Waals surface area contributed by atoms with Gasteiger partial charge in [-0.1, -0.05) is 11.6 Å². The summed E-state index contributed by atoms with van der Waals surface area (Å²) in [5.41, 5.74) is 0.719. The molecule has 27 heavy (non-hydrogen) atoms. The van der Waals surface area contributed by atoms with Crippen molar-refractivity contribution in [2.75, 3.05) is 11.9 Å². The Morgan fingerprint density at radius 2 is 1.85 bits per heavy atom. The minimum atomic E-state index is -1.01. The number of carbonyl (C=O) groups excluding carboxylic acids is 3. The number of nitrogens with one attached hydrogen (secondary N) is 1. The maximum Gasteiger partial charge on any atom is 0.306 e. The first-order valence-electron chi connectivity index (χ1n) is 7.98. The first-order chi connectivity index (χ1) is 12.8. The van der Waals surface area contributed by atoms with Gasteiger partial charge in [-0.05, 0) is 31.2 Å². The van der Waals surface area contributed by atoms with Gasteiger partial charge < -0.3 is 5.32 Å². The Labute approximate surface area is 152 Å². The third-order valence-electron chi connectivity index (χ3n) is 4.12. The van der Waals surface area contributed by atoms with E-state index in [0.717, 1.165) is 22.6 Å². The second-order valence-electron chi connectivity index (χ2n) is 6.03. The summed E-state index contributed by atoms with van der Waals surface area (Å²) in [6, 6.07) is 7.88. The van der Waals surface area contributed by atoms with E-state index >= 15 is 0 Å². The van der Waals surface area contributed by atoms with Crippen molar-refractivity contribution in [2.24, 2.45) is 0 Å². The van der Waals surface area contributed by atoms with Gasteiger partial charge in [-0.3, -0.25) is 29.4 Å². The van der Waals surface area contributed by atoms with E-state index in [1.165, 1.54) is 6.07 Å². The molecule has 8 nitrogen and oxygen atoms in total. The predicted molar refractivity (Wildman–Crippen MR) is 92.8 cm³/mol. The van der Waals surface area contributed by atoms with Crippen LogP contribution in [0.3, 0.4) is 0 Å². The Morgan fingerprint density at radius 3 is 2.56 bits per heavy atom. The molecule has 2 aromatic carbocycles. The molecule has 1 aliphatic rings. The van der Waals surface area contributed by atoms with Gasteiger partial charge in [0.25, 0.3) is 11.8 Å². The van der Waals surface area contributed by atoms with Gasteiger partial charge in [-0.25, -0.2) is 0 Å². The molecule has 0 saturated heterocycles. The largest absolute Gasteiger partial charge is 0.326 e. The number of fused-ring (bicyclic) bond motifs is 1. The number of hydrogen-bond acceptors (Lipinski definition) is 5. The average molecular weight is 371 g/mol. The minimum absolute atomic E-state index is 0.0473. The van der Waals surface area contributed by atoms with Crippen molar-refractivity contribution >= 4 is 29.1 Å². The SMILES string of the molecule is Cc1ccc2c(c1)C(=O)N(CCC(=O)Nc1ccc(F)c([N+](=O)[O-])c1)C2=O. The molecule has 0 radical (unpaired) electrons. The summed E-state index contributed by atoms with van der Waals surface area (Å²) in [6.45, 7) is 1.66. The maximum atomic E-state index is 13.3. The number of halogens is 1. The summed E-state index contributed by atoms with van der Waals surface area (Å²) < 4.78 is 13.3. The van der Waals surface area contributed by atoms with E-state index in [1.807, 2.05) is 0 Å². The van der Waals surface area contributed by atoms with E-state index in [4.69, 9.17) is 0 Å². The monoisotopic (exact) mass is 371 g/mol. The Kier molecular flexibility index (Phi) is 4.68. The molecule has 3 rings (SSSR count). The van der Waals surface area contributed by atoms with Crippen LogP contribution in [0.1, 0.15) is 32.7 Å². The second kappa shape index (κ2) is 6.94. The Bertz CT molecular complexity index is 989. The highest BCUT2D eigenvalue weighted by molar-refractivity contribution is 6.21. The fraction of sp³-hybridized carbons (Fsp3) is 0.167. The predicted octanol–water partition coefficient (Wildman–Crippen LogP) is 2.67. The van der Waals surface area contributed by atoms with E-state index in [1.54, 1.807) is 25.1 Å². The lowest BCUT2D eigenvalue weighted by Gasteiger charge is -2.13. The molecule has 1 heterocycles. The minimum Gasteiger partial charge on any atom is -0.326 e. The molecule has 0 unspecified atom stereocenters. The summed E-state index contributed by atoms with van der Waals surface area (Å²) >= 11 is 0. The summed E-state index contributed by atoms with van der Waals surface area (Å²) in [4.78, 5) is 47.5. The number of hydrogen-bond donors (Lipinski definition) is 1. The van der Waals surface area contributed by atoms with Gasteiger partial charge in [-0.15, -0.1) is 0 Å². The van der Waals surface area contributed by atoms with E-state index in [9.17, 15) is 28.9 Å². The van der Waals surface area contributed by atoms with Gasteiger partial charge in [0, 0.05) is 24.7 Å². The van der Waals surface area contributed by atoms with E-state index in [0.29, 0.717) is 11.1 Å². The Balaban J connectivity index is 1.65. The lowest BCUT2D eigenvalue weighted by Crippen LogP contribution is -2.32. The van der Waals surface area contributed by atoms with Crippen molar-refractivity contribution in [1.29, 1.82) is 0 Å². The van der Waals surface area contributed by atoms with Crippen LogP contribution in [-0.2, 0) is 4.79 Å². The van der Waals surface area contributed by atoms with Gasteiger partial charge in [0.1, 0.15) is 0 Å². The van der Waals surface area contributed by atoms with E-state index in [2.05, 4.69) is 5.32 Å². The van der Waals surface area contributed by atoms with Gasteiger partial charge in [-0.2, -0.15) is 4.39 Å². The highest BCUT2D eigenvalue weighted by atomic mass is 19.1. The number of rotatable bonds is 5. The highest BCUT2D eigenvalue weighted by Gasteiger charge is 2.35. The summed E-state index contributed by atoms with van der Waals surface area (Å²) in [5.74, 6) is -2.52. The van der Waals surface area contributed by atoms with Crippen LogP contribution < -0.4 is 5.32 Å². The highest BCUT2D eigenvalue weighted by Crippen LogP contribution is 2.24. The molecule has 0 bridgehead atoms. The lowest BCUT2D eigenvalue weighted by molar-refractivity contribution is -0.387. The zero-order valence-corrected chi connectivity index (χ0v) is 14.2. The molecule has 138 valence electrons. The zero-order chi connectivity index (χ0) is 19.7. The van der Waals surface area contributed by atoms with Gasteiger partial charge in [0.15, 0.2) is 0 Å². The first-order valence-corrected chi connectivity index (χ1v) is 7.98. The van der Waals surface area contributed by atoms with Crippen molar-refractivity contribution in [3.05, 3.63) is 69.0 Å². The number of amides is 3. The zero-order valence-electron chi connectivity index (χ0n) is 14.2. The first kappa shape index (κ1) is 18.2. The lowest BCUT2D eigenvalue weighted by atomic mass is 10.1. The number of imide groups is 1. The third-order valence-corrected chi connectivity index (χ3v) is 4.12. The third kappa shape index (κ3) is 3.52. The molecular weight excluding hydrogens is 357 g/mol. The van der Waals surface area contributed by atoms with Crippen LogP contribution in [0.15, 0.2) is 36.4 Å². The van der Waals surface area contributed by atoms with Gasteiger partial charge in [0.2, 0.25) is 11.7 Å². The number of nitro benzene ring substituents is 1. The number of aryl methyl sites for hydroxylation is 1. The molecule has 1 aliphatic heterocycles. The van der Waals surface area contributed by atoms with Crippen molar-refractivity contribution in [2.45, 2.75) is 13.3 Å². The average Bonchev–Trinajstić information content (AvgIpc) is 2.85. The second-order valence-corrected chi connectivity index (χ2v) is 6.03. The van der Waals surface area contributed by atoms with Crippen LogP contribution in [0.25, 0.3) is 0 Å². The van der Waals surface area contributed by atoms with Crippen LogP contribution in [0.4, 0.5) is 15.8 Å². The normalized spacial score (nSPS) is 12.9. The quantitative estimate of drug-likeness (QED) is 0.494. The topological polar surface area (TPSA) is 110 Å². The molecule has 2 aromatic rings. The standard InChI is InChI=1S/C18H14FN3O5/c1-10-2-4-12-13(8-10)18(25)21(17(12)24)7-6-16(23)20-11-3-5-14(19)15(9-11)22(26)27/h2-5,8-9H,6-7H2,1H3,(H,20,23). The molecule has 0 fully saturated rings. The molecule has 1 N–H and O–H groups in total. The number of benzene rings is 2. The van der Waals surface area contributed by atoms with Crippen molar-refractivity contribution in [1.82, 2.24) is 4.90 Å². The molecule has 3 amide bonds. The van der Waals surface area contributed by atoms with Gasteiger partial charge >= 0.3 is 5.69 Å². The fourth-order valence-corrected chi connectivity index (χ4v) is 2.77. The number of anilines is 1. The van der Waals surface area contributed by atoms with Crippen LogP contribution in [0.5, 0.6) is 0 Å². The number of nitrogens with zero attached hydrogens (tertiary/aromatic N) is 2. The molecule has 0 aromatic heterocycles. The summed E-state index contributed by atoms with van der Waals surface area (Å²) in [7, 11) is 0. The molecule has 0 saturated carbocycles. The van der Waals surface area contributed by atoms with Crippen LogP contribution in [0, 0.1) is 22.9 Å². The number of nitro groups is 1. The van der Waals surface area contributed by atoms with Gasteiger partial charge in [0.05, 0.1) is 16.1 Å². The number of carbonyl (C=O) groups is 3. The molecule has 9 heteroatoms. The van der Waals surface area contributed by atoms with Crippen LogP contribution in [0.2, 0.25) is 0 Å². The van der Waals surface area contributed by atoms with E-state index < -0.39 is 34.1 Å². The molecule has 0 atom stereocenters. The molecule has 0 spiro atoms. The van der Waals surface area contributed by atoms with E-state index in [-0.39, 0.29) is 18.7 Å². The summed E-state index contributed by atoms with van der Waals surface area (Å²) in [6.07, 6.45) is -0.199. The summed E-state index contributed by atoms with van der Waals surface area (Å²) in [5, 5.41) is 13.1. The van der Waals surface area contributed by atoms with Crippen molar-refractivity contribution < 1.29 is 23.7 Å².